The van der Waals surface area contributed by atoms with E-state index in [9.17, 15) is 19.2 Å². The minimum absolute atomic E-state index is 0.131. The van der Waals surface area contributed by atoms with Crippen LogP contribution in [0.25, 0.3) is 6.08 Å². The first-order valence-corrected chi connectivity index (χ1v) is 12.0. The zero-order valence-corrected chi connectivity index (χ0v) is 21.6. The van der Waals surface area contributed by atoms with E-state index in [4.69, 9.17) is 51.1 Å². The third-order valence-corrected chi connectivity index (χ3v) is 6.30. The molecule has 0 aliphatic carbocycles. The Bertz CT molecular complexity index is 1460. The molecule has 1 saturated heterocycles. The van der Waals surface area contributed by atoms with Gasteiger partial charge in [0.15, 0.2) is 6.61 Å². The molecule has 0 bridgehead atoms. The molecular weight excluding hydrogens is 564 g/mol. The molecular formula is C25H15Cl4N3O5. The van der Waals surface area contributed by atoms with E-state index >= 15 is 0 Å². The maximum absolute atomic E-state index is 13.0. The number of halogens is 4. The molecule has 4 rings (SSSR count). The highest BCUT2D eigenvalue weighted by molar-refractivity contribution is 6.42. The van der Waals surface area contributed by atoms with Gasteiger partial charge in [-0.3, -0.25) is 19.7 Å². The third kappa shape index (κ3) is 6.23. The molecule has 3 aromatic carbocycles. The number of nitrogens with one attached hydrogen (secondary N) is 2. The molecule has 12 heteroatoms. The van der Waals surface area contributed by atoms with Gasteiger partial charge in [-0.15, -0.1) is 0 Å². The Morgan fingerprint density at radius 3 is 2.30 bits per heavy atom. The molecule has 1 heterocycles. The van der Waals surface area contributed by atoms with Crippen LogP contribution < -0.4 is 20.3 Å². The first-order chi connectivity index (χ1) is 17.6. The molecule has 0 radical (unpaired) electrons. The Morgan fingerprint density at radius 1 is 0.892 bits per heavy atom. The Balaban J connectivity index is 1.46. The smallest absolute Gasteiger partial charge is 0.335 e. The molecule has 0 aromatic heterocycles. The van der Waals surface area contributed by atoms with Gasteiger partial charge in [-0.25, -0.2) is 9.69 Å². The Labute approximate surface area is 230 Å². The van der Waals surface area contributed by atoms with Crippen LogP contribution in [0.4, 0.5) is 16.2 Å². The maximum Gasteiger partial charge on any atom is 0.335 e. The van der Waals surface area contributed by atoms with Crippen molar-refractivity contribution in [3.63, 3.8) is 0 Å². The van der Waals surface area contributed by atoms with E-state index in [1.54, 1.807) is 12.1 Å². The fourth-order valence-corrected chi connectivity index (χ4v) is 3.95. The van der Waals surface area contributed by atoms with Crippen molar-refractivity contribution in [2.75, 3.05) is 16.8 Å². The summed E-state index contributed by atoms with van der Waals surface area (Å²) in [5.74, 6) is -1.93. The van der Waals surface area contributed by atoms with Gasteiger partial charge >= 0.3 is 6.03 Å². The average Bonchev–Trinajstić information content (AvgIpc) is 2.84. The molecule has 1 fully saturated rings. The van der Waals surface area contributed by atoms with Crippen LogP contribution in [0.15, 0.2) is 66.2 Å². The molecule has 188 valence electrons. The number of urea groups is 1. The summed E-state index contributed by atoms with van der Waals surface area (Å²) in [6, 6.07) is 14.2. The molecule has 8 nitrogen and oxygen atoms in total. The summed E-state index contributed by atoms with van der Waals surface area (Å²) in [4.78, 5) is 50.7. The van der Waals surface area contributed by atoms with Gasteiger partial charge < -0.3 is 10.1 Å². The number of benzene rings is 3. The van der Waals surface area contributed by atoms with E-state index < -0.39 is 23.8 Å². The van der Waals surface area contributed by atoms with Crippen LogP contribution in [0, 0.1) is 0 Å². The molecule has 2 N–H and O–H groups in total. The van der Waals surface area contributed by atoms with Crippen molar-refractivity contribution in [2.45, 2.75) is 0 Å². The fraction of sp³-hybridized carbons (Fsp3) is 0.0400. The van der Waals surface area contributed by atoms with Gasteiger partial charge in [-0.2, -0.15) is 0 Å². The number of barbiturate groups is 1. The largest absolute Gasteiger partial charge is 0.482 e. The SMILES string of the molecule is O=C(COc1ccc(/C=C2/C(=O)NC(=O)N(c3ccc(Cl)cc3)C2=O)cc1Cl)Nc1ccc(Cl)c(Cl)c1. The summed E-state index contributed by atoms with van der Waals surface area (Å²) in [5.41, 5.74) is 0.797. The number of carbonyl (C=O) groups is 4. The molecule has 1 aliphatic rings. The van der Waals surface area contributed by atoms with Gasteiger partial charge in [0.1, 0.15) is 11.3 Å². The number of imide groups is 2. The lowest BCUT2D eigenvalue weighted by atomic mass is 10.1. The fourth-order valence-electron chi connectivity index (χ4n) is 3.29. The third-order valence-electron chi connectivity index (χ3n) is 5.02. The number of hydrogen-bond acceptors (Lipinski definition) is 5. The molecule has 0 spiro atoms. The van der Waals surface area contributed by atoms with Crippen molar-refractivity contribution in [3.05, 3.63) is 91.9 Å². The zero-order chi connectivity index (χ0) is 26.7. The van der Waals surface area contributed by atoms with E-state index in [0.717, 1.165) is 4.90 Å². The summed E-state index contributed by atoms with van der Waals surface area (Å²) >= 11 is 24.0. The van der Waals surface area contributed by atoms with E-state index in [0.29, 0.717) is 26.3 Å². The summed E-state index contributed by atoms with van der Waals surface area (Å²) in [6.07, 6.45) is 1.29. The Kier molecular flexibility index (Phi) is 8.04. The first kappa shape index (κ1) is 26.5. The number of ether oxygens (including phenoxy) is 1. The highest BCUT2D eigenvalue weighted by Gasteiger charge is 2.36. The second kappa shape index (κ2) is 11.2. The second-order valence-corrected chi connectivity index (χ2v) is 9.25. The molecule has 0 saturated carbocycles. The molecule has 0 unspecified atom stereocenters. The number of hydrogen-bond donors (Lipinski definition) is 2. The van der Waals surface area contributed by atoms with Gasteiger partial charge in [-0.05, 0) is 66.2 Å². The van der Waals surface area contributed by atoms with Gasteiger partial charge in [0.2, 0.25) is 0 Å². The van der Waals surface area contributed by atoms with Crippen LogP contribution in [0.1, 0.15) is 5.56 Å². The van der Waals surface area contributed by atoms with Crippen LogP contribution >= 0.6 is 46.4 Å². The molecule has 0 atom stereocenters. The lowest BCUT2D eigenvalue weighted by Crippen LogP contribution is -2.54. The summed E-state index contributed by atoms with van der Waals surface area (Å²) in [5, 5.41) is 5.95. The lowest BCUT2D eigenvalue weighted by Gasteiger charge is -2.26. The molecule has 3 aromatic rings. The summed E-state index contributed by atoms with van der Waals surface area (Å²) in [6.45, 7) is -0.348. The predicted molar refractivity (Wildman–Crippen MR) is 142 cm³/mol. The highest BCUT2D eigenvalue weighted by atomic mass is 35.5. The van der Waals surface area contributed by atoms with E-state index in [1.807, 2.05) is 0 Å². The van der Waals surface area contributed by atoms with Crippen molar-refractivity contribution < 1.29 is 23.9 Å². The minimum Gasteiger partial charge on any atom is -0.482 e. The summed E-state index contributed by atoms with van der Waals surface area (Å²) in [7, 11) is 0. The van der Waals surface area contributed by atoms with Gasteiger partial charge in [0.05, 0.1) is 20.8 Å². The van der Waals surface area contributed by atoms with Gasteiger partial charge in [-0.1, -0.05) is 52.5 Å². The van der Waals surface area contributed by atoms with Crippen molar-refractivity contribution in [2.24, 2.45) is 0 Å². The normalized spacial score (nSPS) is 14.5. The second-order valence-electron chi connectivity index (χ2n) is 7.59. The Morgan fingerprint density at radius 2 is 1.62 bits per heavy atom. The number of nitrogens with zero attached hydrogens (tertiary/aromatic N) is 1. The molecule has 5 amide bonds. The number of anilines is 2. The van der Waals surface area contributed by atoms with Gasteiger partial charge in [0, 0.05) is 10.7 Å². The van der Waals surface area contributed by atoms with E-state index in [1.165, 1.54) is 54.6 Å². The summed E-state index contributed by atoms with van der Waals surface area (Å²) < 4.78 is 5.48. The maximum atomic E-state index is 13.0. The van der Waals surface area contributed by atoms with Crippen LogP contribution in [-0.4, -0.2) is 30.4 Å². The number of rotatable bonds is 6. The monoisotopic (exact) mass is 577 g/mol. The zero-order valence-electron chi connectivity index (χ0n) is 18.6. The van der Waals surface area contributed by atoms with Crippen molar-refractivity contribution in [1.82, 2.24) is 5.32 Å². The van der Waals surface area contributed by atoms with Crippen LogP contribution in [0.3, 0.4) is 0 Å². The quantitative estimate of drug-likeness (QED) is 0.276. The Hall–Kier alpha value is -3.56. The lowest BCUT2D eigenvalue weighted by molar-refractivity contribution is -0.122. The van der Waals surface area contributed by atoms with Crippen LogP contribution in [-0.2, 0) is 14.4 Å². The van der Waals surface area contributed by atoms with E-state index in [2.05, 4.69) is 10.6 Å². The molecule has 37 heavy (non-hydrogen) atoms. The predicted octanol–water partition coefficient (Wildman–Crippen LogP) is 5.98. The highest BCUT2D eigenvalue weighted by Crippen LogP contribution is 2.29. The van der Waals surface area contributed by atoms with E-state index in [-0.39, 0.29) is 28.6 Å². The van der Waals surface area contributed by atoms with Crippen molar-refractivity contribution >= 4 is 87.6 Å². The van der Waals surface area contributed by atoms with Gasteiger partial charge in [0.25, 0.3) is 17.7 Å². The molecule has 1 aliphatic heterocycles. The first-order valence-electron chi connectivity index (χ1n) is 10.5. The standard InChI is InChI=1S/C25H15Cl4N3O5/c26-14-2-5-16(6-3-14)32-24(35)17(23(34)31-25(32)36)9-13-1-8-21(20(29)10-13)37-12-22(33)30-15-4-7-18(27)19(28)11-15/h1-11H,12H2,(H,30,33)(H,31,34,36)/b17-9-. The number of carbonyl (C=O) groups excluding carboxylic acids is 4. The van der Waals surface area contributed by atoms with Crippen LogP contribution in [0.5, 0.6) is 5.75 Å². The average molecular weight is 579 g/mol. The minimum atomic E-state index is -0.879. The topological polar surface area (TPSA) is 105 Å². The van der Waals surface area contributed by atoms with Crippen LogP contribution in [0.2, 0.25) is 20.1 Å². The number of amides is 5. The van der Waals surface area contributed by atoms with Crippen molar-refractivity contribution in [3.8, 4) is 5.75 Å². The van der Waals surface area contributed by atoms with Crippen molar-refractivity contribution in [1.29, 1.82) is 0 Å².